The molecule has 0 unspecified atom stereocenters. The summed E-state index contributed by atoms with van der Waals surface area (Å²) in [6.07, 6.45) is 5.09. The first-order chi connectivity index (χ1) is 14.1. The minimum absolute atomic E-state index is 0.0559. The molecule has 1 saturated carbocycles. The number of tetrazole rings is 1. The number of hydrogen-bond acceptors (Lipinski definition) is 8. The number of allylic oxidation sites excluding steroid dienone is 1. The van der Waals surface area contributed by atoms with E-state index in [-0.39, 0.29) is 12.1 Å². The van der Waals surface area contributed by atoms with Crippen molar-refractivity contribution in [1.82, 2.24) is 20.2 Å². The molecule has 154 valence electrons. The number of anilines is 1. The van der Waals surface area contributed by atoms with Gasteiger partial charge in [0.2, 0.25) is 5.95 Å². The van der Waals surface area contributed by atoms with Crippen LogP contribution in [0.15, 0.2) is 29.5 Å². The topological polar surface area (TPSA) is 100 Å². The number of carbonyl (C=O) groups excluding carboxylic acids is 1. The number of fused-ring (bicyclic) bond motifs is 1. The molecule has 4 rings (SSSR count). The van der Waals surface area contributed by atoms with Gasteiger partial charge in [0.1, 0.15) is 12.1 Å². The molecule has 2 heterocycles. The fraction of sp³-hybridized carbons (Fsp3) is 0.500. The predicted octanol–water partition coefficient (Wildman–Crippen LogP) is 2.86. The Morgan fingerprint density at radius 1 is 1.17 bits per heavy atom. The zero-order chi connectivity index (χ0) is 20.4. The van der Waals surface area contributed by atoms with E-state index >= 15 is 0 Å². The van der Waals surface area contributed by atoms with E-state index in [1.54, 1.807) is 25.0 Å². The molecular formula is C20H25N5O4. The lowest BCUT2D eigenvalue weighted by molar-refractivity contribution is -0.146. The van der Waals surface area contributed by atoms with Crippen molar-refractivity contribution in [2.24, 2.45) is 0 Å². The molecule has 9 nitrogen and oxygen atoms in total. The maximum atomic E-state index is 13.3. The zero-order valence-corrected chi connectivity index (χ0v) is 16.8. The van der Waals surface area contributed by atoms with Crippen LogP contribution in [-0.2, 0) is 9.53 Å². The first kappa shape index (κ1) is 19.2. The van der Waals surface area contributed by atoms with Crippen molar-refractivity contribution in [2.45, 2.75) is 51.2 Å². The molecular weight excluding hydrogens is 374 g/mol. The van der Waals surface area contributed by atoms with E-state index in [4.69, 9.17) is 14.2 Å². The summed E-state index contributed by atoms with van der Waals surface area (Å²) in [7, 11) is 3.14. The molecule has 1 aliphatic heterocycles. The van der Waals surface area contributed by atoms with Crippen molar-refractivity contribution in [2.75, 3.05) is 19.5 Å². The van der Waals surface area contributed by atoms with Crippen LogP contribution in [0.4, 0.5) is 5.95 Å². The van der Waals surface area contributed by atoms with Crippen LogP contribution < -0.4 is 14.8 Å². The Morgan fingerprint density at radius 3 is 2.69 bits per heavy atom. The van der Waals surface area contributed by atoms with Gasteiger partial charge in [-0.3, -0.25) is 0 Å². The summed E-state index contributed by atoms with van der Waals surface area (Å²) >= 11 is 0. The van der Waals surface area contributed by atoms with Crippen LogP contribution in [0.3, 0.4) is 0 Å². The minimum Gasteiger partial charge on any atom is -0.493 e. The molecule has 1 aromatic heterocycles. The lowest BCUT2D eigenvalue weighted by atomic mass is 9.94. The van der Waals surface area contributed by atoms with Crippen LogP contribution in [0.2, 0.25) is 0 Å². The number of aromatic nitrogens is 4. The summed E-state index contributed by atoms with van der Waals surface area (Å²) in [5.74, 6) is 1.18. The van der Waals surface area contributed by atoms with E-state index < -0.39 is 6.04 Å². The van der Waals surface area contributed by atoms with Crippen molar-refractivity contribution in [3.63, 3.8) is 0 Å². The summed E-state index contributed by atoms with van der Waals surface area (Å²) in [5.41, 5.74) is 1.83. The van der Waals surface area contributed by atoms with E-state index in [0.717, 1.165) is 31.2 Å². The van der Waals surface area contributed by atoms with Crippen LogP contribution in [0.1, 0.15) is 50.6 Å². The highest BCUT2D eigenvalue weighted by Gasteiger charge is 2.38. The molecule has 0 saturated heterocycles. The lowest BCUT2D eigenvalue weighted by Gasteiger charge is -2.30. The van der Waals surface area contributed by atoms with Crippen LogP contribution in [0, 0.1) is 0 Å². The van der Waals surface area contributed by atoms with E-state index in [1.807, 2.05) is 19.1 Å². The molecule has 1 N–H and O–H groups in total. The third-order valence-corrected chi connectivity index (χ3v) is 5.49. The van der Waals surface area contributed by atoms with Crippen molar-refractivity contribution < 1.29 is 19.0 Å². The molecule has 0 amide bonds. The van der Waals surface area contributed by atoms with Crippen LogP contribution in [0.5, 0.6) is 11.5 Å². The number of nitrogens with zero attached hydrogens (tertiary/aromatic N) is 4. The first-order valence-electron chi connectivity index (χ1n) is 9.81. The lowest BCUT2D eigenvalue weighted by Crippen LogP contribution is -2.32. The molecule has 0 bridgehead atoms. The highest BCUT2D eigenvalue weighted by atomic mass is 16.5. The second-order valence-electron chi connectivity index (χ2n) is 7.26. The Morgan fingerprint density at radius 2 is 1.97 bits per heavy atom. The fourth-order valence-electron chi connectivity index (χ4n) is 4.09. The maximum Gasteiger partial charge on any atom is 0.338 e. The third kappa shape index (κ3) is 3.52. The van der Waals surface area contributed by atoms with E-state index in [2.05, 4.69) is 20.8 Å². The number of hydrogen-bond donors (Lipinski definition) is 1. The Labute approximate surface area is 169 Å². The molecule has 2 aromatic rings. The summed E-state index contributed by atoms with van der Waals surface area (Å²) in [6, 6.07) is 4.94. The van der Waals surface area contributed by atoms with Gasteiger partial charge >= 0.3 is 5.97 Å². The number of rotatable bonds is 5. The number of carbonyl (C=O) groups is 1. The van der Waals surface area contributed by atoms with E-state index in [0.29, 0.717) is 28.7 Å². The average molecular weight is 399 g/mol. The monoisotopic (exact) mass is 399 g/mol. The van der Waals surface area contributed by atoms with Crippen LogP contribution in [-0.4, -0.2) is 46.5 Å². The van der Waals surface area contributed by atoms with Gasteiger partial charge in [0.25, 0.3) is 0 Å². The Balaban J connectivity index is 1.78. The molecule has 1 fully saturated rings. The number of nitrogens with one attached hydrogen (secondary N) is 1. The van der Waals surface area contributed by atoms with Crippen molar-refractivity contribution >= 4 is 11.9 Å². The van der Waals surface area contributed by atoms with Gasteiger partial charge in [-0.05, 0) is 49.1 Å². The van der Waals surface area contributed by atoms with E-state index in [1.165, 1.54) is 6.42 Å². The maximum absolute atomic E-state index is 13.3. The normalized spacial score (nSPS) is 19.3. The molecule has 0 radical (unpaired) electrons. The number of ether oxygens (including phenoxy) is 3. The second kappa shape index (κ2) is 8.10. The molecule has 2 aliphatic rings. The molecule has 1 aromatic carbocycles. The van der Waals surface area contributed by atoms with Crippen LogP contribution in [0.25, 0.3) is 0 Å². The SMILES string of the molecule is COc1cccc([C@H]2C(C(=O)OC3CCCCC3)=C(C)Nc3nnnn32)c1OC. The predicted molar refractivity (Wildman–Crippen MR) is 105 cm³/mol. The van der Waals surface area contributed by atoms with Crippen molar-refractivity contribution in [1.29, 1.82) is 0 Å². The smallest absolute Gasteiger partial charge is 0.338 e. The Hall–Kier alpha value is -3.10. The number of para-hydroxylation sites is 1. The van der Waals surface area contributed by atoms with Gasteiger partial charge in [0, 0.05) is 11.3 Å². The fourth-order valence-corrected chi connectivity index (χ4v) is 4.09. The zero-order valence-electron chi connectivity index (χ0n) is 16.8. The van der Waals surface area contributed by atoms with Gasteiger partial charge in [-0.15, -0.1) is 0 Å². The van der Waals surface area contributed by atoms with Gasteiger partial charge in [-0.25, -0.2) is 4.79 Å². The molecule has 9 heteroatoms. The quantitative estimate of drug-likeness (QED) is 0.766. The summed E-state index contributed by atoms with van der Waals surface area (Å²) in [6.45, 7) is 1.83. The number of methoxy groups -OCH3 is 2. The van der Waals surface area contributed by atoms with Gasteiger partial charge in [-0.2, -0.15) is 4.68 Å². The summed E-state index contributed by atoms with van der Waals surface area (Å²) in [5, 5.41) is 15.0. The van der Waals surface area contributed by atoms with Gasteiger partial charge < -0.3 is 19.5 Å². The van der Waals surface area contributed by atoms with Gasteiger partial charge in [0.15, 0.2) is 11.5 Å². The molecule has 29 heavy (non-hydrogen) atoms. The van der Waals surface area contributed by atoms with Crippen molar-refractivity contribution in [3.05, 3.63) is 35.0 Å². The Bertz CT molecular complexity index is 933. The number of benzene rings is 1. The highest BCUT2D eigenvalue weighted by molar-refractivity contribution is 5.92. The van der Waals surface area contributed by atoms with Crippen LogP contribution >= 0.6 is 0 Å². The summed E-state index contributed by atoms with van der Waals surface area (Å²) in [4.78, 5) is 13.3. The van der Waals surface area contributed by atoms with E-state index in [9.17, 15) is 4.79 Å². The molecule has 1 atom stereocenters. The van der Waals surface area contributed by atoms with Crippen molar-refractivity contribution in [3.8, 4) is 11.5 Å². The van der Waals surface area contributed by atoms with Gasteiger partial charge in [-0.1, -0.05) is 23.7 Å². The average Bonchev–Trinajstić information content (AvgIpc) is 3.20. The number of esters is 1. The standard InChI is InChI=1S/C20H25N5O4/c1-12-16(19(26)29-13-8-5-4-6-9-13)17(25-20(21-12)22-23-24-25)14-10-7-11-15(27-2)18(14)28-3/h7,10-11,13,17H,4-6,8-9H2,1-3H3,(H,21,22,24)/t17-/m0/s1. The Kier molecular flexibility index (Phi) is 5.37. The molecule has 0 spiro atoms. The summed E-state index contributed by atoms with van der Waals surface area (Å²) < 4.78 is 18.5. The first-order valence-corrected chi connectivity index (χ1v) is 9.81. The highest BCUT2D eigenvalue weighted by Crippen LogP contribution is 2.42. The third-order valence-electron chi connectivity index (χ3n) is 5.49. The molecule has 1 aliphatic carbocycles. The van der Waals surface area contributed by atoms with Gasteiger partial charge in [0.05, 0.1) is 19.8 Å². The minimum atomic E-state index is -0.595. The largest absolute Gasteiger partial charge is 0.493 e. The second-order valence-corrected chi connectivity index (χ2v) is 7.26.